The number of fused-ring (bicyclic) bond motifs is 1. The zero-order valence-electron chi connectivity index (χ0n) is 10.8. The van der Waals surface area contributed by atoms with Crippen molar-refractivity contribution in [3.63, 3.8) is 0 Å². The Labute approximate surface area is 121 Å². The zero-order valence-corrected chi connectivity index (χ0v) is 11.5. The molecule has 0 fully saturated rings. The Balaban J connectivity index is 1.73. The molecule has 0 aliphatic heterocycles. The number of halogens is 2. The van der Waals surface area contributed by atoms with E-state index in [9.17, 15) is 9.50 Å². The van der Waals surface area contributed by atoms with Crippen LogP contribution in [0.25, 0.3) is 0 Å². The Hall–Kier alpha value is -1.58. The van der Waals surface area contributed by atoms with Crippen molar-refractivity contribution < 1.29 is 14.2 Å². The van der Waals surface area contributed by atoms with Crippen LogP contribution in [0.5, 0.6) is 5.75 Å². The van der Waals surface area contributed by atoms with Crippen molar-refractivity contribution in [2.24, 2.45) is 0 Å². The molecule has 0 unspecified atom stereocenters. The smallest absolute Gasteiger partial charge is 0.131 e. The van der Waals surface area contributed by atoms with Gasteiger partial charge in [0.2, 0.25) is 0 Å². The van der Waals surface area contributed by atoms with Crippen molar-refractivity contribution >= 4 is 11.6 Å². The van der Waals surface area contributed by atoms with Crippen LogP contribution in [0.4, 0.5) is 4.39 Å². The van der Waals surface area contributed by atoms with Gasteiger partial charge in [0.15, 0.2) is 0 Å². The summed E-state index contributed by atoms with van der Waals surface area (Å²) in [5, 5.41) is 10.1. The van der Waals surface area contributed by atoms with Gasteiger partial charge < -0.3 is 9.84 Å². The van der Waals surface area contributed by atoms with Gasteiger partial charge in [-0.05, 0) is 48.2 Å². The molecule has 0 radical (unpaired) electrons. The van der Waals surface area contributed by atoms with E-state index in [1.165, 1.54) is 6.07 Å². The Kier molecular flexibility index (Phi) is 3.64. The number of ether oxygens (including phenoxy) is 1. The third-order valence-corrected chi connectivity index (χ3v) is 3.81. The van der Waals surface area contributed by atoms with Gasteiger partial charge in [-0.1, -0.05) is 23.7 Å². The van der Waals surface area contributed by atoms with Gasteiger partial charge in [-0.3, -0.25) is 0 Å². The minimum Gasteiger partial charge on any atom is -0.489 e. The lowest BCUT2D eigenvalue weighted by atomic mass is 10.1. The van der Waals surface area contributed by atoms with Gasteiger partial charge in [-0.15, -0.1) is 0 Å². The van der Waals surface area contributed by atoms with Crippen LogP contribution >= 0.6 is 11.6 Å². The fourth-order valence-corrected chi connectivity index (χ4v) is 2.62. The average Bonchev–Trinajstić information content (AvgIpc) is 2.79. The molecule has 0 bridgehead atoms. The zero-order chi connectivity index (χ0) is 14.1. The lowest BCUT2D eigenvalue weighted by molar-refractivity contribution is 0.180. The van der Waals surface area contributed by atoms with Crippen LogP contribution < -0.4 is 4.74 Å². The van der Waals surface area contributed by atoms with Crippen molar-refractivity contribution in [1.82, 2.24) is 0 Å². The molecular weight excluding hydrogens is 279 g/mol. The summed E-state index contributed by atoms with van der Waals surface area (Å²) in [5.74, 6) is 0.321. The monoisotopic (exact) mass is 292 g/mol. The normalized spacial score (nSPS) is 17.1. The number of aliphatic hydroxyl groups is 1. The van der Waals surface area contributed by atoms with Gasteiger partial charge in [-0.25, -0.2) is 4.39 Å². The van der Waals surface area contributed by atoms with Crippen LogP contribution in [0.3, 0.4) is 0 Å². The molecule has 0 saturated heterocycles. The van der Waals surface area contributed by atoms with E-state index in [2.05, 4.69) is 0 Å². The van der Waals surface area contributed by atoms with Gasteiger partial charge in [0, 0.05) is 10.6 Å². The standard InChI is InChI=1S/C16H14ClFO2/c17-12-3-1-11(15(18)8-12)9-20-13-4-5-14-10(7-13)2-6-16(14)19/h1,3-5,7-8,16,19H,2,6,9H2/t16-/m1/s1. The van der Waals surface area contributed by atoms with E-state index >= 15 is 0 Å². The first-order chi connectivity index (χ1) is 9.63. The van der Waals surface area contributed by atoms with Crippen LogP contribution in [0.1, 0.15) is 29.2 Å². The molecule has 0 aromatic heterocycles. The maximum absolute atomic E-state index is 13.6. The maximum Gasteiger partial charge on any atom is 0.131 e. The van der Waals surface area contributed by atoms with Crippen molar-refractivity contribution in [2.45, 2.75) is 25.6 Å². The minimum absolute atomic E-state index is 0.157. The molecular formula is C16H14ClFO2. The van der Waals surface area contributed by atoms with Crippen molar-refractivity contribution in [3.8, 4) is 5.75 Å². The Morgan fingerprint density at radius 2 is 2.10 bits per heavy atom. The third kappa shape index (κ3) is 2.65. The van der Waals surface area contributed by atoms with E-state index in [1.807, 2.05) is 12.1 Å². The predicted octanol–water partition coefficient (Wildman–Crippen LogP) is 4.04. The highest BCUT2D eigenvalue weighted by atomic mass is 35.5. The second-order valence-corrected chi connectivity index (χ2v) is 5.38. The summed E-state index contributed by atoms with van der Waals surface area (Å²) in [6.07, 6.45) is 1.24. The predicted molar refractivity (Wildman–Crippen MR) is 75.5 cm³/mol. The van der Waals surface area contributed by atoms with Crippen LogP contribution in [0.2, 0.25) is 5.02 Å². The fourth-order valence-electron chi connectivity index (χ4n) is 2.46. The van der Waals surface area contributed by atoms with Gasteiger partial charge in [0.25, 0.3) is 0 Å². The molecule has 1 N–H and O–H groups in total. The second-order valence-electron chi connectivity index (χ2n) is 4.94. The van der Waals surface area contributed by atoms with Crippen molar-refractivity contribution in [2.75, 3.05) is 0 Å². The highest BCUT2D eigenvalue weighted by molar-refractivity contribution is 6.30. The van der Waals surface area contributed by atoms with E-state index in [0.29, 0.717) is 16.3 Å². The molecule has 20 heavy (non-hydrogen) atoms. The molecule has 2 nitrogen and oxygen atoms in total. The van der Waals surface area contributed by atoms with Gasteiger partial charge in [0.05, 0.1) is 6.10 Å². The molecule has 0 amide bonds. The molecule has 2 aromatic rings. The molecule has 1 atom stereocenters. The summed E-state index contributed by atoms with van der Waals surface area (Å²) in [7, 11) is 0. The molecule has 0 spiro atoms. The number of aryl methyl sites for hydroxylation is 1. The van der Waals surface area contributed by atoms with Gasteiger partial charge in [-0.2, -0.15) is 0 Å². The van der Waals surface area contributed by atoms with Crippen LogP contribution in [-0.4, -0.2) is 5.11 Å². The van der Waals surface area contributed by atoms with E-state index in [4.69, 9.17) is 16.3 Å². The van der Waals surface area contributed by atoms with Crippen molar-refractivity contribution in [3.05, 3.63) is 63.9 Å². The van der Waals surface area contributed by atoms with Crippen LogP contribution in [0, 0.1) is 5.82 Å². The molecule has 0 saturated carbocycles. The van der Waals surface area contributed by atoms with E-state index < -0.39 is 0 Å². The lowest BCUT2D eigenvalue weighted by Crippen LogP contribution is -1.99. The average molecular weight is 293 g/mol. The third-order valence-electron chi connectivity index (χ3n) is 3.57. The summed E-state index contributed by atoms with van der Waals surface area (Å²) in [5.41, 5.74) is 2.54. The van der Waals surface area contributed by atoms with Crippen LogP contribution in [-0.2, 0) is 13.0 Å². The van der Waals surface area contributed by atoms with Gasteiger partial charge in [0.1, 0.15) is 18.2 Å². The lowest BCUT2D eigenvalue weighted by Gasteiger charge is -2.10. The summed E-state index contributed by atoms with van der Waals surface area (Å²) in [6.45, 7) is 0.157. The van der Waals surface area contributed by atoms with Gasteiger partial charge >= 0.3 is 0 Å². The molecule has 104 valence electrons. The first-order valence-electron chi connectivity index (χ1n) is 6.51. The fraction of sp³-hybridized carbons (Fsp3) is 0.250. The SMILES string of the molecule is O[C@@H]1CCc2cc(OCc3ccc(Cl)cc3F)ccc21. The number of benzene rings is 2. The molecule has 4 heteroatoms. The highest BCUT2D eigenvalue weighted by Crippen LogP contribution is 2.33. The summed E-state index contributed by atoms with van der Waals surface area (Å²) in [4.78, 5) is 0. The number of hydrogen-bond acceptors (Lipinski definition) is 2. The minimum atomic E-state index is -0.368. The maximum atomic E-state index is 13.6. The molecule has 2 aromatic carbocycles. The first-order valence-corrected chi connectivity index (χ1v) is 6.89. The molecule has 1 aliphatic rings. The second kappa shape index (κ2) is 5.43. The van der Waals surface area contributed by atoms with E-state index in [-0.39, 0.29) is 18.5 Å². The highest BCUT2D eigenvalue weighted by Gasteiger charge is 2.20. The Morgan fingerprint density at radius 1 is 1.25 bits per heavy atom. The molecule has 0 heterocycles. The van der Waals surface area contributed by atoms with Crippen molar-refractivity contribution in [1.29, 1.82) is 0 Å². The summed E-state index contributed by atoms with van der Waals surface area (Å²) < 4.78 is 19.2. The first kappa shape index (κ1) is 13.4. The topological polar surface area (TPSA) is 29.5 Å². The van der Waals surface area contributed by atoms with E-state index in [1.54, 1.807) is 18.2 Å². The Bertz CT molecular complexity index is 642. The summed E-state index contributed by atoms with van der Waals surface area (Å²) in [6, 6.07) is 10.1. The van der Waals surface area contributed by atoms with E-state index in [0.717, 1.165) is 24.0 Å². The molecule has 3 rings (SSSR count). The number of rotatable bonds is 3. The van der Waals surface area contributed by atoms with Crippen LogP contribution in [0.15, 0.2) is 36.4 Å². The Morgan fingerprint density at radius 3 is 2.90 bits per heavy atom. The quantitative estimate of drug-likeness (QED) is 0.925. The molecule has 1 aliphatic carbocycles. The number of hydrogen-bond donors (Lipinski definition) is 1. The largest absolute Gasteiger partial charge is 0.489 e. The number of aliphatic hydroxyl groups excluding tert-OH is 1. The summed E-state index contributed by atoms with van der Waals surface area (Å²) >= 11 is 5.71.